The summed E-state index contributed by atoms with van der Waals surface area (Å²) in [6.45, 7) is -0.616. The first-order valence-electron chi connectivity index (χ1n) is 5.45. The molecule has 0 bridgehead atoms. The van der Waals surface area contributed by atoms with Gasteiger partial charge in [-0.05, 0) is 12.1 Å². The lowest BCUT2D eigenvalue weighted by molar-refractivity contribution is -0.144. The Morgan fingerprint density at radius 3 is 2.53 bits per heavy atom. The fourth-order valence-electron chi connectivity index (χ4n) is 1.61. The van der Waals surface area contributed by atoms with Gasteiger partial charge in [0.25, 0.3) is 0 Å². The number of rotatable bonds is 4. The molecule has 100 valence electrons. The Labute approximate surface area is 107 Å². The van der Waals surface area contributed by atoms with Crippen molar-refractivity contribution < 1.29 is 23.6 Å². The quantitative estimate of drug-likeness (QED) is 0.574. The molecule has 0 aliphatic carbocycles. The molecule has 1 aromatic heterocycles. The molecule has 2 heterocycles. The molecule has 1 N–H and O–H groups in total. The summed E-state index contributed by atoms with van der Waals surface area (Å²) in [5.41, 5.74) is 0. The molecular formula is C11H11N3O5. The summed E-state index contributed by atoms with van der Waals surface area (Å²) in [7, 11) is 1.37. The predicted octanol–water partition coefficient (Wildman–Crippen LogP) is -0.684. The standard InChI is InChI=1S/C11H11N3O5/c1-12-8(15)6-14-10(17)9(16)13(11(14)18)5-7-3-2-4-19-7/h2-4H,5-6H2,1H3,(H,12,15). The van der Waals surface area contributed by atoms with Crippen molar-refractivity contribution in [2.24, 2.45) is 0 Å². The normalized spacial score (nSPS) is 15.3. The Morgan fingerprint density at radius 1 is 1.26 bits per heavy atom. The first kappa shape index (κ1) is 12.8. The van der Waals surface area contributed by atoms with Gasteiger partial charge < -0.3 is 9.73 Å². The number of carbonyl (C=O) groups is 4. The Balaban J connectivity index is 2.14. The van der Waals surface area contributed by atoms with Crippen LogP contribution in [0.3, 0.4) is 0 Å². The number of carbonyl (C=O) groups excluding carboxylic acids is 4. The molecule has 0 aromatic carbocycles. The third-order valence-electron chi connectivity index (χ3n) is 2.61. The molecule has 1 aliphatic heterocycles. The minimum atomic E-state index is -1.01. The van der Waals surface area contributed by atoms with Gasteiger partial charge in [0.05, 0.1) is 12.8 Å². The molecule has 1 aromatic rings. The maximum Gasteiger partial charge on any atom is 0.335 e. The van der Waals surface area contributed by atoms with Gasteiger partial charge in [-0.2, -0.15) is 0 Å². The molecule has 8 nitrogen and oxygen atoms in total. The Bertz CT molecular complexity index is 537. The van der Waals surface area contributed by atoms with Crippen LogP contribution in [-0.4, -0.2) is 47.1 Å². The second-order valence-corrected chi connectivity index (χ2v) is 3.82. The van der Waals surface area contributed by atoms with Gasteiger partial charge in [0.2, 0.25) is 5.91 Å². The van der Waals surface area contributed by atoms with Crippen LogP contribution < -0.4 is 5.32 Å². The number of imide groups is 2. The van der Waals surface area contributed by atoms with Crippen LogP contribution in [0.25, 0.3) is 0 Å². The average molecular weight is 265 g/mol. The van der Waals surface area contributed by atoms with Crippen LogP contribution in [0.2, 0.25) is 0 Å². The summed E-state index contributed by atoms with van der Waals surface area (Å²) >= 11 is 0. The lowest BCUT2D eigenvalue weighted by Crippen LogP contribution is -2.40. The number of urea groups is 1. The molecule has 0 atom stereocenters. The zero-order chi connectivity index (χ0) is 14.0. The van der Waals surface area contributed by atoms with E-state index in [-0.39, 0.29) is 6.54 Å². The second kappa shape index (κ2) is 4.92. The van der Waals surface area contributed by atoms with Gasteiger partial charge >= 0.3 is 17.8 Å². The van der Waals surface area contributed by atoms with E-state index in [2.05, 4.69) is 5.32 Å². The van der Waals surface area contributed by atoms with E-state index in [1.165, 1.54) is 13.3 Å². The fraction of sp³-hybridized carbons (Fsp3) is 0.273. The van der Waals surface area contributed by atoms with Crippen molar-refractivity contribution in [3.63, 3.8) is 0 Å². The van der Waals surface area contributed by atoms with Gasteiger partial charge in [-0.1, -0.05) is 0 Å². The smallest absolute Gasteiger partial charge is 0.335 e. The minimum Gasteiger partial charge on any atom is -0.467 e. The van der Waals surface area contributed by atoms with Crippen molar-refractivity contribution in [3.05, 3.63) is 24.2 Å². The van der Waals surface area contributed by atoms with Crippen molar-refractivity contribution in [1.29, 1.82) is 0 Å². The number of nitrogens with one attached hydrogen (secondary N) is 1. The van der Waals surface area contributed by atoms with Crippen LogP contribution in [0.5, 0.6) is 0 Å². The van der Waals surface area contributed by atoms with E-state index in [1.54, 1.807) is 12.1 Å². The van der Waals surface area contributed by atoms with Crippen molar-refractivity contribution in [3.8, 4) is 0 Å². The van der Waals surface area contributed by atoms with Crippen molar-refractivity contribution in [2.45, 2.75) is 6.54 Å². The average Bonchev–Trinajstić information content (AvgIpc) is 2.97. The van der Waals surface area contributed by atoms with Crippen LogP contribution in [0.4, 0.5) is 4.79 Å². The summed E-state index contributed by atoms with van der Waals surface area (Å²) in [4.78, 5) is 47.7. The van der Waals surface area contributed by atoms with Crippen LogP contribution in [0, 0.1) is 0 Å². The number of hydrogen-bond acceptors (Lipinski definition) is 5. The molecule has 0 unspecified atom stereocenters. The highest BCUT2D eigenvalue weighted by atomic mass is 16.3. The molecule has 1 aliphatic rings. The highest BCUT2D eigenvalue weighted by Gasteiger charge is 2.45. The third kappa shape index (κ3) is 2.32. The first-order valence-corrected chi connectivity index (χ1v) is 5.45. The SMILES string of the molecule is CNC(=O)CN1C(=O)C(=O)N(Cc2ccco2)C1=O. The summed E-state index contributed by atoms with van der Waals surface area (Å²) in [6, 6.07) is 2.35. The molecule has 1 saturated heterocycles. The fourth-order valence-corrected chi connectivity index (χ4v) is 1.61. The zero-order valence-electron chi connectivity index (χ0n) is 10.1. The molecule has 2 rings (SSSR count). The van der Waals surface area contributed by atoms with E-state index < -0.39 is 30.3 Å². The number of furan rings is 1. The Morgan fingerprint density at radius 2 is 1.95 bits per heavy atom. The largest absolute Gasteiger partial charge is 0.467 e. The van der Waals surface area contributed by atoms with Crippen molar-refractivity contribution in [2.75, 3.05) is 13.6 Å². The first-order chi connectivity index (χ1) is 9.04. The van der Waals surface area contributed by atoms with Crippen LogP contribution in [0.15, 0.2) is 22.8 Å². The lowest BCUT2D eigenvalue weighted by atomic mass is 10.4. The Kier molecular flexibility index (Phi) is 3.32. The van der Waals surface area contributed by atoms with Crippen LogP contribution >= 0.6 is 0 Å². The van der Waals surface area contributed by atoms with Crippen LogP contribution in [-0.2, 0) is 20.9 Å². The maximum atomic E-state index is 11.9. The zero-order valence-corrected chi connectivity index (χ0v) is 10.1. The summed E-state index contributed by atoms with van der Waals surface area (Å²) in [6.07, 6.45) is 1.39. The van der Waals surface area contributed by atoms with Gasteiger partial charge in [0.1, 0.15) is 12.3 Å². The van der Waals surface area contributed by atoms with Crippen molar-refractivity contribution >= 4 is 23.8 Å². The highest BCUT2D eigenvalue weighted by Crippen LogP contribution is 2.15. The predicted molar refractivity (Wildman–Crippen MR) is 60.4 cm³/mol. The number of hydrogen-bond donors (Lipinski definition) is 1. The van der Waals surface area contributed by atoms with E-state index in [9.17, 15) is 19.2 Å². The van der Waals surface area contributed by atoms with Crippen LogP contribution in [0.1, 0.15) is 5.76 Å². The highest BCUT2D eigenvalue weighted by molar-refractivity contribution is 6.44. The van der Waals surface area contributed by atoms with Gasteiger partial charge in [0, 0.05) is 7.05 Å². The van der Waals surface area contributed by atoms with Crippen molar-refractivity contribution in [1.82, 2.24) is 15.1 Å². The van der Waals surface area contributed by atoms with Gasteiger partial charge in [-0.15, -0.1) is 0 Å². The summed E-state index contributed by atoms with van der Waals surface area (Å²) in [5, 5.41) is 2.27. The minimum absolute atomic E-state index is 0.138. The van der Waals surface area contributed by atoms with E-state index in [4.69, 9.17) is 4.42 Å². The Hall–Kier alpha value is -2.64. The van der Waals surface area contributed by atoms with Gasteiger partial charge in [0.15, 0.2) is 0 Å². The molecule has 19 heavy (non-hydrogen) atoms. The molecule has 0 spiro atoms. The summed E-state index contributed by atoms with van der Waals surface area (Å²) < 4.78 is 5.01. The summed E-state index contributed by atoms with van der Waals surface area (Å²) in [5.74, 6) is -2.14. The molecule has 8 heteroatoms. The molecule has 5 amide bonds. The number of amides is 5. The van der Waals surface area contributed by atoms with E-state index >= 15 is 0 Å². The number of nitrogens with zero attached hydrogens (tertiary/aromatic N) is 2. The second-order valence-electron chi connectivity index (χ2n) is 3.82. The molecular weight excluding hydrogens is 254 g/mol. The lowest BCUT2D eigenvalue weighted by Gasteiger charge is -2.13. The molecule has 0 saturated carbocycles. The third-order valence-corrected chi connectivity index (χ3v) is 2.61. The molecule has 1 fully saturated rings. The topological polar surface area (TPSA) is 99.9 Å². The van der Waals surface area contributed by atoms with E-state index in [1.807, 2.05) is 0 Å². The van der Waals surface area contributed by atoms with Gasteiger partial charge in [-0.3, -0.25) is 14.4 Å². The maximum absolute atomic E-state index is 11.9. The van der Waals surface area contributed by atoms with E-state index in [0.29, 0.717) is 10.7 Å². The van der Waals surface area contributed by atoms with Gasteiger partial charge in [-0.25, -0.2) is 14.6 Å². The molecule has 0 radical (unpaired) electrons. The van der Waals surface area contributed by atoms with E-state index in [0.717, 1.165) is 4.90 Å². The number of likely N-dealkylation sites (N-methyl/N-ethyl adjacent to an activating group) is 1. The monoisotopic (exact) mass is 265 g/mol.